The molecule has 3 aromatic heterocycles. The Hall–Kier alpha value is -3.55. The van der Waals surface area contributed by atoms with Gasteiger partial charge in [0.05, 0.1) is 12.2 Å². The maximum Gasteiger partial charge on any atom is 0.182 e. The van der Waals surface area contributed by atoms with Crippen LogP contribution in [0.5, 0.6) is 0 Å². The second-order valence-electron chi connectivity index (χ2n) is 5.38. The zero-order valence-electron chi connectivity index (χ0n) is 14.1. The molecule has 0 atom stereocenters. The average molecular weight is 352 g/mol. The predicted molar refractivity (Wildman–Crippen MR) is 96.3 cm³/mol. The normalized spacial score (nSPS) is 12.0. The molecular weight excluding hydrogens is 335 g/mol. The number of hydrogen-bond acceptors (Lipinski definition) is 6. The Kier molecular flexibility index (Phi) is 5.02. The van der Waals surface area contributed by atoms with E-state index >= 15 is 0 Å². The van der Waals surface area contributed by atoms with E-state index in [0.29, 0.717) is 34.3 Å². The first kappa shape index (κ1) is 17.3. The molecule has 132 valence electrons. The van der Waals surface area contributed by atoms with Crippen LogP contribution in [0.3, 0.4) is 0 Å². The van der Waals surface area contributed by atoms with Crippen molar-refractivity contribution < 1.29 is 8.91 Å². The number of anilines is 1. The molecule has 0 aliphatic carbocycles. The third-order valence-corrected chi connectivity index (χ3v) is 3.54. The summed E-state index contributed by atoms with van der Waals surface area (Å²) in [7, 11) is 0. The van der Waals surface area contributed by atoms with Crippen LogP contribution in [0, 0.1) is 0 Å². The summed E-state index contributed by atoms with van der Waals surface area (Å²) < 4.78 is 20.3. The van der Waals surface area contributed by atoms with Crippen LogP contribution in [0.25, 0.3) is 22.9 Å². The number of aromatic nitrogens is 5. The van der Waals surface area contributed by atoms with Crippen molar-refractivity contribution in [3.05, 3.63) is 66.9 Å². The molecular formula is C18H17FN6O. The molecule has 26 heavy (non-hydrogen) atoms. The van der Waals surface area contributed by atoms with Gasteiger partial charge in [-0.3, -0.25) is 4.68 Å². The summed E-state index contributed by atoms with van der Waals surface area (Å²) in [6, 6.07) is 5.03. The van der Waals surface area contributed by atoms with E-state index in [9.17, 15) is 4.39 Å². The van der Waals surface area contributed by atoms with Gasteiger partial charge in [0.1, 0.15) is 29.3 Å². The smallest absolute Gasteiger partial charge is 0.182 e. The molecule has 0 saturated heterocycles. The molecule has 8 heteroatoms. The van der Waals surface area contributed by atoms with E-state index < -0.39 is 5.83 Å². The van der Waals surface area contributed by atoms with Crippen molar-refractivity contribution in [2.75, 3.05) is 5.73 Å². The maximum absolute atomic E-state index is 13.8. The van der Waals surface area contributed by atoms with E-state index in [0.717, 1.165) is 0 Å². The summed E-state index contributed by atoms with van der Waals surface area (Å²) in [5.74, 6) is 0.163. The van der Waals surface area contributed by atoms with E-state index in [-0.39, 0.29) is 6.54 Å². The first-order chi connectivity index (χ1) is 12.6. The molecule has 0 amide bonds. The Morgan fingerprint density at radius 2 is 2.23 bits per heavy atom. The van der Waals surface area contributed by atoms with Crippen LogP contribution < -0.4 is 5.73 Å². The van der Waals surface area contributed by atoms with Crippen molar-refractivity contribution >= 4 is 5.82 Å². The monoisotopic (exact) mass is 352 g/mol. The van der Waals surface area contributed by atoms with E-state index in [2.05, 4.69) is 26.8 Å². The lowest BCUT2D eigenvalue weighted by Crippen LogP contribution is -2.06. The van der Waals surface area contributed by atoms with Gasteiger partial charge in [0, 0.05) is 17.8 Å². The van der Waals surface area contributed by atoms with Crippen LogP contribution in [-0.2, 0) is 6.54 Å². The van der Waals surface area contributed by atoms with Crippen molar-refractivity contribution in [2.24, 2.45) is 0 Å². The highest BCUT2D eigenvalue weighted by atomic mass is 19.1. The molecule has 2 N–H and O–H groups in total. The summed E-state index contributed by atoms with van der Waals surface area (Å²) >= 11 is 0. The number of allylic oxidation sites excluding steroid dienone is 5. The van der Waals surface area contributed by atoms with Crippen molar-refractivity contribution in [3.8, 4) is 22.9 Å². The first-order valence-corrected chi connectivity index (χ1v) is 7.82. The van der Waals surface area contributed by atoms with Gasteiger partial charge in [-0.15, -0.1) is 0 Å². The summed E-state index contributed by atoms with van der Waals surface area (Å²) in [4.78, 5) is 8.35. The zero-order chi connectivity index (χ0) is 18.5. The third-order valence-electron chi connectivity index (χ3n) is 3.54. The lowest BCUT2D eigenvalue weighted by Gasteiger charge is -2.07. The zero-order valence-corrected chi connectivity index (χ0v) is 14.1. The fourth-order valence-corrected chi connectivity index (χ4v) is 2.30. The van der Waals surface area contributed by atoms with Gasteiger partial charge >= 0.3 is 0 Å². The number of rotatable bonds is 6. The summed E-state index contributed by atoms with van der Waals surface area (Å²) in [5, 5.41) is 8.42. The molecule has 0 fully saturated rings. The van der Waals surface area contributed by atoms with Crippen LogP contribution in [0.15, 0.2) is 71.4 Å². The molecule has 3 rings (SSSR count). The molecule has 0 aromatic carbocycles. The lowest BCUT2D eigenvalue weighted by atomic mass is 10.2. The standard InChI is InChI=1S/C18H17FN6O/c1-3-4-5-13(12(2)19)11-25-16(14-7-9-26-24-14)10-15(23-25)18-21-8-6-17(20)22-18/h3-10H,2,11H2,1H3,(H2,20,21,22)/b4-3-,13-5-. The van der Waals surface area contributed by atoms with Crippen molar-refractivity contribution in [3.63, 3.8) is 0 Å². The van der Waals surface area contributed by atoms with Crippen LogP contribution in [0.4, 0.5) is 10.2 Å². The minimum Gasteiger partial charge on any atom is -0.384 e. The Morgan fingerprint density at radius 1 is 1.38 bits per heavy atom. The second kappa shape index (κ2) is 7.56. The summed E-state index contributed by atoms with van der Waals surface area (Å²) in [6.07, 6.45) is 8.19. The van der Waals surface area contributed by atoms with Gasteiger partial charge in [0.2, 0.25) is 0 Å². The molecule has 0 bridgehead atoms. The Morgan fingerprint density at radius 3 is 2.88 bits per heavy atom. The summed E-state index contributed by atoms with van der Waals surface area (Å²) in [6.45, 7) is 5.39. The summed E-state index contributed by atoms with van der Waals surface area (Å²) in [5.41, 5.74) is 7.79. The van der Waals surface area contributed by atoms with Crippen LogP contribution in [0.2, 0.25) is 0 Å². The third kappa shape index (κ3) is 3.75. The van der Waals surface area contributed by atoms with Crippen molar-refractivity contribution in [2.45, 2.75) is 13.5 Å². The molecule has 0 radical (unpaired) electrons. The number of nitrogens with zero attached hydrogens (tertiary/aromatic N) is 5. The highest BCUT2D eigenvalue weighted by molar-refractivity contribution is 5.63. The number of nitrogens with two attached hydrogens (primary N) is 1. The van der Waals surface area contributed by atoms with E-state index in [1.54, 1.807) is 47.3 Å². The van der Waals surface area contributed by atoms with Crippen LogP contribution in [0.1, 0.15) is 6.92 Å². The number of nitrogen functional groups attached to an aromatic ring is 1. The van der Waals surface area contributed by atoms with Crippen molar-refractivity contribution in [1.82, 2.24) is 24.9 Å². The lowest BCUT2D eigenvalue weighted by molar-refractivity contribution is 0.421. The highest BCUT2D eigenvalue weighted by Gasteiger charge is 2.17. The molecule has 0 aliphatic rings. The van der Waals surface area contributed by atoms with Gasteiger partial charge in [0.15, 0.2) is 5.82 Å². The second-order valence-corrected chi connectivity index (χ2v) is 5.38. The molecule has 3 heterocycles. The van der Waals surface area contributed by atoms with Gasteiger partial charge < -0.3 is 10.3 Å². The largest absolute Gasteiger partial charge is 0.384 e. The molecule has 0 spiro atoms. The first-order valence-electron chi connectivity index (χ1n) is 7.82. The van der Waals surface area contributed by atoms with Gasteiger partial charge in [-0.25, -0.2) is 14.4 Å². The van der Waals surface area contributed by atoms with Crippen LogP contribution >= 0.6 is 0 Å². The minimum absolute atomic E-state index is 0.157. The van der Waals surface area contributed by atoms with Gasteiger partial charge in [0.25, 0.3) is 0 Å². The Labute approximate surface area is 149 Å². The molecule has 7 nitrogen and oxygen atoms in total. The minimum atomic E-state index is -0.536. The van der Waals surface area contributed by atoms with Crippen LogP contribution in [-0.4, -0.2) is 24.9 Å². The van der Waals surface area contributed by atoms with Crippen molar-refractivity contribution in [1.29, 1.82) is 0 Å². The predicted octanol–water partition coefficient (Wildman–Crippen LogP) is 3.56. The molecule has 0 saturated carbocycles. The molecule has 0 aliphatic heterocycles. The van der Waals surface area contributed by atoms with E-state index in [1.165, 1.54) is 6.26 Å². The fraction of sp³-hybridized carbons (Fsp3) is 0.111. The average Bonchev–Trinajstić information content (AvgIpc) is 3.27. The Bertz CT molecular complexity index is 971. The number of hydrogen-bond donors (Lipinski definition) is 1. The van der Waals surface area contributed by atoms with E-state index in [4.69, 9.17) is 10.3 Å². The molecule has 0 unspecified atom stereocenters. The quantitative estimate of drug-likeness (QED) is 0.682. The topological polar surface area (TPSA) is 95.7 Å². The Balaban J connectivity index is 2.07. The van der Waals surface area contributed by atoms with Gasteiger partial charge in [-0.2, -0.15) is 5.10 Å². The maximum atomic E-state index is 13.8. The van der Waals surface area contributed by atoms with Gasteiger partial charge in [-0.05, 0) is 19.1 Å². The SMILES string of the molecule is C=C(F)/C(=C\C=C/C)Cn1nc(-c2nccc(N)n2)cc1-c1ccon1. The van der Waals surface area contributed by atoms with E-state index in [1.807, 2.05) is 6.92 Å². The fourth-order valence-electron chi connectivity index (χ4n) is 2.30. The molecule has 3 aromatic rings. The van der Waals surface area contributed by atoms with Gasteiger partial charge in [-0.1, -0.05) is 30.0 Å². The number of halogens is 1. The highest BCUT2D eigenvalue weighted by Crippen LogP contribution is 2.25.